The Morgan fingerprint density at radius 1 is 1.20 bits per heavy atom. The summed E-state index contributed by atoms with van der Waals surface area (Å²) in [5, 5.41) is 4.18. The Morgan fingerprint density at radius 3 is 2.75 bits per heavy atom. The van der Waals surface area contributed by atoms with E-state index in [1.54, 1.807) is 6.07 Å². The zero-order valence-corrected chi connectivity index (χ0v) is 12.1. The number of rotatable bonds is 6. The highest BCUT2D eigenvalue weighted by Gasteiger charge is 2.09. The number of pyridine rings is 1. The van der Waals surface area contributed by atoms with E-state index in [1.807, 2.05) is 6.07 Å². The molecule has 6 nitrogen and oxygen atoms in total. The van der Waals surface area contributed by atoms with Crippen LogP contribution in [0.2, 0.25) is 0 Å². The van der Waals surface area contributed by atoms with Crippen molar-refractivity contribution in [2.24, 2.45) is 5.92 Å². The van der Waals surface area contributed by atoms with Gasteiger partial charge in [-0.15, -0.1) is 0 Å². The third kappa shape index (κ3) is 3.77. The molecule has 0 saturated carbocycles. The summed E-state index contributed by atoms with van der Waals surface area (Å²) in [4.78, 5) is 12.6. The second-order valence-corrected chi connectivity index (χ2v) is 5.31. The second-order valence-electron chi connectivity index (χ2n) is 5.31. The number of nitrogen functional groups attached to an aromatic ring is 1. The normalized spacial score (nSPS) is 12.8. The van der Waals surface area contributed by atoms with Gasteiger partial charge in [-0.25, -0.2) is 15.0 Å². The first-order valence-corrected chi connectivity index (χ1v) is 6.77. The molecule has 2 aromatic heterocycles. The summed E-state index contributed by atoms with van der Waals surface area (Å²) in [6.07, 6.45) is 1.48. The lowest BCUT2D eigenvalue weighted by atomic mass is 10.2. The summed E-state index contributed by atoms with van der Waals surface area (Å²) in [6.45, 7) is 7.71. The molecule has 0 radical (unpaired) electrons. The van der Waals surface area contributed by atoms with Crippen LogP contribution in [0.4, 0.5) is 11.6 Å². The molecule has 2 aromatic rings. The van der Waals surface area contributed by atoms with Gasteiger partial charge in [-0.05, 0) is 25.0 Å². The van der Waals surface area contributed by atoms with Crippen LogP contribution < -0.4 is 11.1 Å². The topological polar surface area (TPSA) is 86.0 Å². The highest BCUT2D eigenvalue weighted by molar-refractivity contribution is 5.87. The van der Waals surface area contributed by atoms with Gasteiger partial charge < -0.3 is 15.8 Å². The third-order valence-electron chi connectivity index (χ3n) is 2.72. The van der Waals surface area contributed by atoms with E-state index in [9.17, 15) is 0 Å². The summed E-state index contributed by atoms with van der Waals surface area (Å²) in [5.74, 6) is 1.74. The minimum absolute atomic E-state index is 0.157. The standard InChI is InChI=1S/C14H21N5O/c1-9(2)6-20-7-10(3)18-13-11-4-5-12(15)19-14(11)17-8-16-13/h4-5,8-10H,6-7H2,1-3H3,(H3,15,16,17,18,19)/t10-/m0/s1. The van der Waals surface area contributed by atoms with E-state index in [0.29, 0.717) is 24.0 Å². The van der Waals surface area contributed by atoms with Crippen LogP contribution in [-0.4, -0.2) is 34.2 Å². The number of hydrogen-bond donors (Lipinski definition) is 2. The molecule has 0 amide bonds. The van der Waals surface area contributed by atoms with Gasteiger partial charge in [0.15, 0.2) is 5.65 Å². The Labute approximate surface area is 118 Å². The molecule has 0 saturated heterocycles. The van der Waals surface area contributed by atoms with E-state index in [-0.39, 0.29) is 6.04 Å². The van der Waals surface area contributed by atoms with Crippen LogP contribution in [0.25, 0.3) is 11.0 Å². The summed E-state index contributed by atoms with van der Waals surface area (Å²) in [5.41, 5.74) is 6.25. The molecule has 0 unspecified atom stereocenters. The van der Waals surface area contributed by atoms with Crippen molar-refractivity contribution in [3.8, 4) is 0 Å². The van der Waals surface area contributed by atoms with Gasteiger partial charge >= 0.3 is 0 Å². The number of aromatic nitrogens is 3. The van der Waals surface area contributed by atoms with Gasteiger partial charge in [0.05, 0.1) is 12.0 Å². The maximum atomic E-state index is 5.66. The summed E-state index contributed by atoms with van der Waals surface area (Å²) in [7, 11) is 0. The predicted octanol–water partition coefficient (Wildman–Crippen LogP) is 2.08. The first-order chi connectivity index (χ1) is 9.56. The Balaban J connectivity index is 2.05. The van der Waals surface area contributed by atoms with Crippen molar-refractivity contribution in [1.29, 1.82) is 0 Å². The Bertz CT molecular complexity index is 572. The van der Waals surface area contributed by atoms with Crippen LogP contribution in [-0.2, 0) is 4.74 Å². The number of ether oxygens (including phenoxy) is 1. The molecule has 1 atom stereocenters. The van der Waals surface area contributed by atoms with E-state index in [1.165, 1.54) is 6.33 Å². The van der Waals surface area contributed by atoms with Gasteiger partial charge in [-0.2, -0.15) is 0 Å². The molecular weight excluding hydrogens is 254 g/mol. The number of nitrogens with zero attached hydrogens (tertiary/aromatic N) is 3. The molecule has 2 rings (SSSR count). The molecule has 0 fully saturated rings. The van der Waals surface area contributed by atoms with Crippen LogP contribution in [0, 0.1) is 5.92 Å². The van der Waals surface area contributed by atoms with Crippen LogP contribution in [0.5, 0.6) is 0 Å². The molecule has 2 heterocycles. The van der Waals surface area contributed by atoms with Crippen LogP contribution in [0.15, 0.2) is 18.5 Å². The zero-order chi connectivity index (χ0) is 14.5. The van der Waals surface area contributed by atoms with Crippen LogP contribution in [0.1, 0.15) is 20.8 Å². The number of anilines is 2. The average Bonchev–Trinajstić information content (AvgIpc) is 2.38. The van der Waals surface area contributed by atoms with E-state index < -0.39 is 0 Å². The molecule has 0 aliphatic heterocycles. The highest BCUT2D eigenvalue weighted by atomic mass is 16.5. The minimum Gasteiger partial charge on any atom is -0.384 e. The fourth-order valence-electron chi connectivity index (χ4n) is 1.83. The summed E-state index contributed by atoms with van der Waals surface area (Å²) in [6, 6.07) is 3.78. The zero-order valence-electron chi connectivity index (χ0n) is 12.1. The lowest BCUT2D eigenvalue weighted by molar-refractivity contribution is 0.105. The molecule has 0 aromatic carbocycles. The van der Waals surface area contributed by atoms with Crippen molar-refractivity contribution in [2.75, 3.05) is 24.3 Å². The lowest BCUT2D eigenvalue weighted by Gasteiger charge is -2.16. The van der Waals surface area contributed by atoms with E-state index in [4.69, 9.17) is 10.5 Å². The van der Waals surface area contributed by atoms with Gasteiger partial charge in [-0.1, -0.05) is 13.8 Å². The fraction of sp³-hybridized carbons (Fsp3) is 0.500. The average molecular weight is 275 g/mol. The highest BCUT2D eigenvalue weighted by Crippen LogP contribution is 2.19. The van der Waals surface area contributed by atoms with Crippen LogP contribution in [0.3, 0.4) is 0 Å². The molecule has 0 bridgehead atoms. The van der Waals surface area contributed by atoms with Gasteiger partial charge in [0, 0.05) is 12.6 Å². The summed E-state index contributed by atoms with van der Waals surface area (Å²) < 4.78 is 5.62. The number of nitrogens with one attached hydrogen (secondary N) is 1. The van der Waals surface area contributed by atoms with Crippen molar-refractivity contribution < 1.29 is 4.74 Å². The lowest BCUT2D eigenvalue weighted by Crippen LogP contribution is -2.23. The van der Waals surface area contributed by atoms with Crippen molar-refractivity contribution in [3.63, 3.8) is 0 Å². The maximum absolute atomic E-state index is 5.66. The molecule has 3 N–H and O–H groups in total. The van der Waals surface area contributed by atoms with E-state index >= 15 is 0 Å². The first-order valence-electron chi connectivity index (χ1n) is 6.77. The Kier molecular flexibility index (Phi) is 4.68. The largest absolute Gasteiger partial charge is 0.384 e. The number of nitrogens with two attached hydrogens (primary N) is 1. The van der Waals surface area contributed by atoms with Gasteiger partial charge in [-0.3, -0.25) is 0 Å². The van der Waals surface area contributed by atoms with Crippen molar-refractivity contribution in [1.82, 2.24) is 15.0 Å². The Hall–Kier alpha value is -1.95. The monoisotopic (exact) mass is 275 g/mol. The van der Waals surface area contributed by atoms with E-state index in [0.717, 1.165) is 17.8 Å². The SMILES string of the molecule is CC(C)COC[C@H](C)Nc1ncnc2nc(N)ccc12. The molecule has 0 aliphatic carbocycles. The van der Waals surface area contributed by atoms with Gasteiger partial charge in [0.25, 0.3) is 0 Å². The second kappa shape index (κ2) is 6.47. The van der Waals surface area contributed by atoms with E-state index in [2.05, 4.69) is 41.0 Å². The third-order valence-corrected chi connectivity index (χ3v) is 2.72. The van der Waals surface area contributed by atoms with Crippen molar-refractivity contribution in [3.05, 3.63) is 18.5 Å². The summed E-state index contributed by atoms with van der Waals surface area (Å²) >= 11 is 0. The van der Waals surface area contributed by atoms with Gasteiger partial charge in [0.1, 0.15) is 18.0 Å². The van der Waals surface area contributed by atoms with Crippen molar-refractivity contribution >= 4 is 22.7 Å². The van der Waals surface area contributed by atoms with Crippen molar-refractivity contribution in [2.45, 2.75) is 26.8 Å². The molecule has 20 heavy (non-hydrogen) atoms. The molecule has 0 aliphatic rings. The predicted molar refractivity (Wildman–Crippen MR) is 80.5 cm³/mol. The number of hydrogen-bond acceptors (Lipinski definition) is 6. The molecular formula is C14H21N5O. The molecule has 108 valence electrons. The van der Waals surface area contributed by atoms with Crippen LogP contribution >= 0.6 is 0 Å². The minimum atomic E-state index is 0.157. The van der Waals surface area contributed by atoms with Gasteiger partial charge in [0.2, 0.25) is 0 Å². The first kappa shape index (κ1) is 14.5. The Morgan fingerprint density at radius 2 is 2.00 bits per heavy atom. The molecule has 6 heteroatoms. The quantitative estimate of drug-likeness (QED) is 0.839. The maximum Gasteiger partial charge on any atom is 0.166 e. The fourth-order valence-corrected chi connectivity index (χ4v) is 1.83. The molecule has 0 spiro atoms. The number of fused-ring (bicyclic) bond motifs is 1. The smallest absolute Gasteiger partial charge is 0.166 e.